The van der Waals surface area contributed by atoms with Gasteiger partial charge in [-0.05, 0) is 13.0 Å². The molecule has 3 heterocycles. The number of aromatic nitrogens is 4. The highest BCUT2D eigenvalue weighted by atomic mass is 35.5. The van der Waals surface area contributed by atoms with Crippen molar-refractivity contribution < 1.29 is 9.15 Å². The van der Waals surface area contributed by atoms with E-state index in [9.17, 15) is 0 Å². The van der Waals surface area contributed by atoms with E-state index in [1.165, 1.54) is 0 Å². The summed E-state index contributed by atoms with van der Waals surface area (Å²) in [6.45, 7) is 2.29. The van der Waals surface area contributed by atoms with Crippen molar-refractivity contribution in [2.75, 3.05) is 7.11 Å². The van der Waals surface area contributed by atoms with Crippen LogP contribution >= 0.6 is 11.6 Å². The SMILES string of the molecule is COc1ccc2nc(CCl)n(Cc3ncc(C)o3)c2n1. The van der Waals surface area contributed by atoms with Crippen molar-refractivity contribution in [2.45, 2.75) is 19.3 Å². The largest absolute Gasteiger partial charge is 0.481 e. The molecule has 0 N–H and O–H groups in total. The number of aryl methyl sites for hydroxylation is 1. The Balaban J connectivity index is 2.10. The summed E-state index contributed by atoms with van der Waals surface area (Å²) in [7, 11) is 1.58. The summed E-state index contributed by atoms with van der Waals surface area (Å²) in [5.41, 5.74) is 1.47. The molecule has 0 atom stereocenters. The minimum absolute atomic E-state index is 0.290. The van der Waals surface area contributed by atoms with Crippen molar-refractivity contribution in [3.8, 4) is 5.88 Å². The van der Waals surface area contributed by atoms with Crippen molar-refractivity contribution in [3.63, 3.8) is 0 Å². The lowest BCUT2D eigenvalue weighted by molar-refractivity contribution is 0.398. The van der Waals surface area contributed by atoms with E-state index in [2.05, 4.69) is 15.0 Å². The number of hydrogen-bond donors (Lipinski definition) is 0. The number of hydrogen-bond acceptors (Lipinski definition) is 5. The highest BCUT2D eigenvalue weighted by Crippen LogP contribution is 2.20. The van der Waals surface area contributed by atoms with Crippen molar-refractivity contribution in [3.05, 3.63) is 35.8 Å². The first kappa shape index (κ1) is 12.9. The third kappa shape index (κ3) is 2.22. The molecule has 3 aromatic rings. The monoisotopic (exact) mass is 292 g/mol. The summed E-state index contributed by atoms with van der Waals surface area (Å²) >= 11 is 5.96. The molecule has 0 spiro atoms. The molecule has 104 valence electrons. The van der Waals surface area contributed by atoms with Crippen LogP contribution in [0.1, 0.15) is 17.5 Å². The zero-order valence-corrected chi connectivity index (χ0v) is 11.9. The molecule has 0 aliphatic heterocycles. The van der Waals surface area contributed by atoms with Gasteiger partial charge in [-0.2, -0.15) is 4.98 Å². The van der Waals surface area contributed by atoms with Gasteiger partial charge in [-0.3, -0.25) is 0 Å². The summed E-state index contributed by atoms with van der Waals surface area (Å²) < 4.78 is 12.5. The van der Waals surface area contributed by atoms with Crippen LogP contribution in [0.25, 0.3) is 11.2 Å². The molecule has 3 rings (SSSR count). The molecule has 0 bridgehead atoms. The maximum atomic E-state index is 5.96. The minimum Gasteiger partial charge on any atom is -0.481 e. The van der Waals surface area contributed by atoms with Gasteiger partial charge in [-0.25, -0.2) is 9.97 Å². The number of rotatable bonds is 4. The van der Waals surface area contributed by atoms with Crippen LogP contribution in [0.2, 0.25) is 0 Å². The Kier molecular flexibility index (Phi) is 3.31. The number of halogens is 1. The highest BCUT2D eigenvalue weighted by Gasteiger charge is 2.14. The zero-order valence-electron chi connectivity index (χ0n) is 11.1. The molecule has 6 nitrogen and oxygen atoms in total. The number of fused-ring (bicyclic) bond motifs is 1. The van der Waals surface area contributed by atoms with Crippen LogP contribution in [0, 0.1) is 6.92 Å². The topological polar surface area (TPSA) is 66.0 Å². The standard InChI is InChI=1S/C13H13ClN4O2/c1-8-6-15-12(20-8)7-18-10(5-14)16-9-3-4-11(19-2)17-13(9)18/h3-4,6H,5,7H2,1-2H3. The van der Waals surface area contributed by atoms with Crippen molar-refractivity contribution >= 4 is 22.8 Å². The molecule has 3 aromatic heterocycles. The molecule has 0 unspecified atom stereocenters. The van der Waals surface area contributed by atoms with E-state index in [4.69, 9.17) is 20.8 Å². The molecular weight excluding hydrogens is 280 g/mol. The fourth-order valence-corrected chi connectivity index (χ4v) is 2.23. The molecular formula is C13H13ClN4O2. The first-order valence-electron chi connectivity index (χ1n) is 6.08. The van der Waals surface area contributed by atoms with Crippen LogP contribution in [0.15, 0.2) is 22.7 Å². The summed E-state index contributed by atoms with van der Waals surface area (Å²) in [5, 5.41) is 0. The molecule has 0 amide bonds. The van der Waals surface area contributed by atoms with Gasteiger partial charge in [-0.1, -0.05) is 0 Å². The van der Waals surface area contributed by atoms with Crippen LogP contribution in [0.5, 0.6) is 5.88 Å². The maximum Gasteiger partial charge on any atom is 0.215 e. The molecule has 20 heavy (non-hydrogen) atoms. The van der Waals surface area contributed by atoms with Crippen LogP contribution in [-0.4, -0.2) is 26.6 Å². The first-order chi connectivity index (χ1) is 9.71. The average Bonchev–Trinajstić information content (AvgIpc) is 3.03. The summed E-state index contributed by atoms with van der Waals surface area (Å²) in [6.07, 6.45) is 1.68. The van der Waals surface area contributed by atoms with E-state index in [-0.39, 0.29) is 0 Å². The number of pyridine rings is 1. The smallest absolute Gasteiger partial charge is 0.215 e. The van der Waals surface area contributed by atoms with Gasteiger partial charge in [0.05, 0.1) is 19.2 Å². The fraction of sp³-hybridized carbons (Fsp3) is 0.308. The zero-order chi connectivity index (χ0) is 14.1. The summed E-state index contributed by atoms with van der Waals surface area (Å²) in [5.74, 6) is 2.90. The molecule has 0 radical (unpaired) electrons. The molecule has 0 saturated heterocycles. The van der Waals surface area contributed by atoms with Crippen molar-refractivity contribution in [1.29, 1.82) is 0 Å². The molecule has 0 aliphatic rings. The van der Waals surface area contributed by atoms with Crippen LogP contribution in [0.4, 0.5) is 0 Å². The van der Waals surface area contributed by atoms with E-state index in [1.54, 1.807) is 19.4 Å². The number of oxazole rings is 1. The third-order valence-electron chi connectivity index (χ3n) is 2.94. The predicted octanol–water partition coefficient (Wildman–Crippen LogP) is 2.52. The summed E-state index contributed by atoms with van der Waals surface area (Å²) in [6, 6.07) is 3.63. The van der Waals surface area contributed by atoms with Gasteiger partial charge in [0.2, 0.25) is 11.8 Å². The van der Waals surface area contributed by atoms with Crippen LogP contribution in [0.3, 0.4) is 0 Å². The highest BCUT2D eigenvalue weighted by molar-refractivity contribution is 6.16. The van der Waals surface area contributed by atoms with E-state index in [1.807, 2.05) is 17.6 Å². The van der Waals surface area contributed by atoms with Crippen LogP contribution in [-0.2, 0) is 12.4 Å². The lowest BCUT2D eigenvalue weighted by Crippen LogP contribution is -2.05. The number of methoxy groups -OCH3 is 1. The molecule has 0 saturated carbocycles. The molecule has 7 heteroatoms. The maximum absolute atomic E-state index is 5.96. The van der Waals surface area contributed by atoms with Gasteiger partial charge in [0.25, 0.3) is 0 Å². The lowest BCUT2D eigenvalue weighted by Gasteiger charge is -2.04. The van der Waals surface area contributed by atoms with Gasteiger partial charge >= 0.3 is 0 Å². The van der Waals surface area contributed by atoms with E-state index in [0.717, 1.165) is 17.1 Å². The molecule has 0 fully saturated rings. The van der Waals surface area contributed by atoms with E-state index in [0.29, 0.717) is 29.8 Å². The number of ether oxygens (including phenoxy) is 1. The van der Waals surface area contributed by atoms with Gasteiger partial charge in [0, 0.05) is 6.07 Å². The Labute approximate surface area is 120 Å². The van der Waals surface area contributed by atoms with Crippen molar-refractivity contribution in [1.82, 2.24) is 19.5 Å². The van der Waals surface area contributed by atoms with Crippen molar-refractivity contribution in [2.24, 2.45) is 0 Å². The first-order valence-corrected chi connectivity index (χ1v) is 6.62. The number of alkyl halides is 1. The Morgan fingerprint density at radius 2 is 2.20 bits per heavy atom. The summed E-state index contributed by atoms with van der Waals surface area (Å²) in [4.78, 5) is 13.1. The lowest BCUT2D eigenvalue weighted by atomic mass is 10.4. The van der Waals surface area contributed by atoms with Gasteiger partial charge < -0.3 is 13.7 Å². The number of nitrogens with zero attached hydrogens (tertiary/aromatic N) is 4. The van der Waals surface area contributed by atoms with Gasteiger partial charge in [-0.15, -0.1) is 11.6 Å². The second-order valence-corrected chi connectivity index (χ2v) is 4.58. The van der Waals surface area contributed by atoms with E-state index >= 15 is 0 Å². The molecule has 0 aromatic carbocycles. The third-order valence-corrected chi connectivity index (χ3v) is 3.18. The fourth-order valence-electron chi connectivity index (χ4n) is 2.02. The quantitative estimate of drug-likeness (QED) is 0.691. The van der Waals surface area contributed by atoms with Gasteiger partial charge in [0.15, 0.2) is 5.65 Å². The minimum atomic E-state index is 0.290. The van der Waals surface area contributed by atoms with Gasteiger partial charge in [0.1, 0.15) is 23.6 Å². The predicted molar refractivity (Wildman–Crippen MR) is 74.0 cm³/mol. The van der Waals surface area contributed by atoms with Crippen LogP contribution < -0.4 is 4.74 Å². The Morgan fingerprint density at radius 1 is 1.35 bits per heavy atom. The second kappa shape index (κ2) is 5.13. The Hall–Kier alpha value is -2.08. The second-order valence-electron chi connectivity index (χ2n) is 4.31. The molecule has 0 aliphatic carbocycles. The number of imidazole rings is 1. The average molecular weight is 293 g/mol. The Morgan fingerprint density at radius 3 is 2.85 bits per heavy atom. The van der Waals surface area contributed by atoms with E-state index < -0.39 is 0 Å². The normalized spacial score (nSPS) is 11.2. The Bertz CT molecular complexity index is 750.